The van der Waals surface area contributed by atoms with Crippen molar-refractivity contribution in [2.24, 2.45) is 0 Å². The number of likely N-dealkylation sites (tertiary alicyclic amines) is 1. The molecule has 0 bridgehead atoms. The van der Waals surface area contributed by atoms with Gasteiger partial charge in [0.1, 0.15) is 0 Å². The molecule has 2 nitrogen and oxygen atoms in total. The van der Waals surface area contributed by atoms with Gasteiger partial charge in [0.05, 0.1) is 6.10 Å². The molecule has 0 aliphatic carbocycles. The highest BCUT2D eigenvalue weighted by atomic mass is 16.3. The second kappa shape index (κ2) is 6.41. The molecule has 0 aromatic heterocycles. The van der Waals surface area contributed by atoms with Crippen LogP contribution in [0.3, 0.4) is 0 Å². The summed E-state index contributed by atoms with van der Waals surface area (Å²) >= 11 is 0. The fourth-order valence-corrected chi connectivity index (χ4v) is 2.38. The maximum atomic E-state index is 9.42. The minimum absolute atomic E-state index is 0.137. The Labute approximate surface area is 88.3 Å². The Hall–Kier alpha value is -0.0800. The fourth-order valence-electron chi connectivity index (χ4n) is 2.38. The van der Waals surface area contributed by atoms with Crippen molar-refractivity contribution in [1.29, 1.82) is 0 Å². The first-order valence-electron chi connectivity index (χ1n) is 6.16. The summed E-state index contributed by atoms with van der Waals surface area (Å²) in [6, 6.07) is 0.648. The lowest BCUT2D eigenvalue weighted by Gasteiger charge is -2.36. The number of aliphatic hydroxyl groups is 1. The maximum absolute atomic E-state index is 9.42. The van der Waals surface area contributed by atoms with Crippen molar-refractivity contribution in [3.63, 3.8) is 0 Å². The second-order valence-electron chi connectivity index (χ2n) is 4.62. The van der Waals surface area contributed by atoms with Gasteiger partial charge < -0.3 is 10.0 Å². The van der Waals surface area contributed by atoms with Crippen LogP contribution in [-0.4, -0.2) is 35.2 Å². The molecule has 2 atom stereocenters. The van der Waals surface area contributed by atoms with E-state index in [4.69, 9.17) is 0 Å². The molecule has 2 heteroatoms. The predicted octanol–water partition coefficient (Wildman–Crippen LogP) is 2.41. The van der Waals surface area contributed by atoms with Crippen LogP contribution in [0.5, 0.6) is 0 Å². The number of nitrogens with zero attached hydrogens (tertiary/aromatic N) is 1. The van der Waals surface area contributed by atoms with Crippen LogP contribution in [0, 0.1) is 0 Å². The van der Waals surface area contributed by atoms with Gasteiger partial charge in [-0.2, -0.15) is 0 Å². The Kier molecular flexibility index (Phi) is 5.49. The Bertz CT molecular complexity index is 147. The zero-order valence-electron chi connectivity index (χ0n) is 9.71. The lowest BCUT2D eigenvalue weighted by Crippen LogP contribution is -2.41. The fraction of sp³-hybridized carbons (Fsp3) is 1.00. The van der Waals surface area contributed by atoms with Gasteiger partial charge in [-0.3, -0.25) is 0 Å². The molecule has 0 aromatic rings. The molecule has 0 aromatic carbocycles. The number of rotatable bonds is 5. The van der Waals surface area contributed by atoms with E-state index in [0.717, 1.165) is 6.42 Å². The molecule has 0 radical (unpaired) electrons. The SMILES string of the molecule is CCCCN1CCCCC1CC(C)O. The Morgan fingerprint density at radius 3 is 2.86 bits per heavy atom. The quantitative estimate of drug-likeness (QED) is 0.735. The number of hydrogen-bond acceptors (Lipinski definition) is 2. The van der Waals surface area contributed by atoms with E-state index in [1.165, 1.54) is 45.2 Å². The van der Waals surface area contributed by atoms with Gasteiger partial charge in [-0.1, -0.05) is 19.8 Å². The summed E-state index contributed by atoms with van der Waals surface area (Å²) in [5.41, 5.74) is 0. The van der Waals surface area contributed by atoms with Crippen LogP contribution in [-0.2, 0) is 0 Å². The standard InChI is InChI=1S/C12H25NO/c1-3-4-8-13-9-6-5-7-12(13)10-11(2)14/h11-12,14H,3-10H2,1-2H3. The third-order valence-corrected chi connectivity index (χ3v) is 3.16. The van der Waals surface area contributed by atoms with E-state index in [2.05, 4.69) is 11.8 Å². The number of piperidine rings is 1. The van der Waals surface area contributed by atoms with Crippen molar-refractivity contribution in [3.8, 4) is 0 Å². The van der Waals surface area contributed by atoms with Crippen LogP contribution < -0.4 is 0 Å². The van der Waals surface area contributed by atoms with Crippen molar-refractivity contribution in [3.05, 3.63) is 0 Å². The molecule has 84 valence electrons. The molecule has 0 spiro atoms. The number of aliphatic hydroxyl groups excluding tert-OH is 1. The Balaban J connectivity index is 2.33. The molecule has 1 N–H and O–H groups in total. The molecule has 14 heavy (non-hydrogen) atoms. The van der Waals surface area contributed by atoms with Gasteiger partial charge in [-0.25, -0.2) is 0 Å². The van der Waals surface area contributed by atoms with E-state index in [1.54, 1.807) is 0 Å². The van der Waals surface area contributed by atoms with Crippen LogP contribution >= 0.6 is 0 Å². The summed E-state index contributed by atoms with van der Waals surface area (Å²) in [5.74, 6) is 0. The molecular weight excluding hydrogens is 174 g/mol. The molecule has 1 heterocycles. The molecule has 0 saturated carbocycles. The largest absolute Gasteiger partial charge is 0.393 e. The van der Waals surface area contributed by atoms with Gasteiger partial charge in [0.2, 0.25) is 0 Å². The number of hydrogen-bond donors (Lipinski definition) is 1. The normalized spacial score (nSPS) is 26.4. The van der Waals surface area contributed by atoms with E-state index in [-0.39, 0.29) is 6.10 Å². The van der Waals surface area contributed by atoms with Gasteiger partial charge in [-0.15, -0.1) is 0 Å². The van der Waals surface area contributed by atoms with Gasteiger partial charge >= 0.3 is 0 Å². The zero-order chi connectivity index (χ0) is 10.4. The van der Waals surface area contributed by atoms with Gasteiger partial charge in [-0.05, 0) is 45.7 Å². The van der Waals surface area contributed by atoms with Crippen LogP contribution in [0.2, 0.25) is 0 Å². The van der Waals surface area contributed by atoms with E-state index < -0.39 is 0 Å². The first kappa shape index (κ1) is 12.0. The smallest absolute Gasteiger partial charge is 0.0527 e. The lowest BCUT2D eigenvalue weighted by atomic mass is 9.97. The predicted molar refractivity (Wildman–Crippen MR) is 60.4 cm³/mol. The molecule has 0 amide bonds. The van der Waals surface area contributed by atoms with Crippen molar-refractivity contribution in [2.75, 3.05) is 13.1 Å². The summed E-state index contributed by atoms with van der Waals surface area (Å²) in [6.07, 6.45) is 7.38. The minimum atomic E-state index is -0.137. The van der Waals surface area contributed by atoms with Crippen LogP contribution in [0.25, 0.3) is 0 Å². The van der Waals surface area contributed by atoms with Gasteiger partial charge in [0, 0.05) is 6.04 Å². The monoisotopic (exact) mass is 199 g/mol. The van der Waals surface area contributed by atoms with Crippen molar-refractivity contribution >= 4 is 0 Å². The summed E-state index contributed by atoms with van der Waals surface area (Å²) in [5, 5.41) is 9.42. The van der Waals surface area contributed by atoms with Gasteiger partial charge in [0.25, 0.3) is 0 Å². The highest BCUT2D eigenvalue weighted by Gasteiger charge is 2.22. The summed E-state index contributed by atoms with van der Waals surface area (Å²) < 4.78 is 0. The highest BCUT2D eigenvalue weighted by Crippen LogP contribution is 2.21. The third kappa shape index (κ3) is 3.97. The van der Waals surface area contributed by atoms with Crippen molar-refractivity contribution in [1.82, 2.24) is 4.90 Å². The molecule has 1 saturated heterocycles. The first-order valence-corrected chi connectivity index (χ1v) is 6.16. The van der Waals surface area contributed by atoms with E-state index in [0.29, 0.717) is 6.04 Å². The lowest BCUT2D eigenvalue weighted by molar-refractivity contribution is 0.0859. The topological polar surface area (TPSA) is 23.5 Å². The van der Waals surface area contributed by atoms with Crippen molar-refractivity contribution < 1.29 is 5.11 Å². The minimum Gasteiger partial charge on any atom is -0.393 e. The second-order valence-corrected chi connectivity index (χ2v) is 4.62. The zero-order valence-corrected chi connectivity index (χ0v) is 9.71. The van der Waals surface area contributed by atoms with E-state index in [1.807, 2.05) is 6.92 Å². The maximum Gasteiger partial charge on any atom is 0.0527 e. The van der Waals surface area contributed by atoms with Gasteiger partial charge in [0.15, 0.2) is 0 Å². The van der Waals surface area contributed by atoms with E-state index >= 15 is 0 Å². The molecule has 1 aliphatic rings. The first-order chi connectivity index (χ1) is 6.74. The highest BCUT2D eigenvalue weighted by molar-refractivity contribution is 4.78. The molecule has 1 aliphatic heterocycles. The molecule has 2 unspecified atom stereocenters. The summed E-state index contributed by atoms with van der Waals surface area (Å²) in [7, 11) is 0. The summed E-state index contributed by atoms with van der Waals surface area (Å²) in [6.45, 7) is 6.63. The van der Waals surface area contributed by atoms with Crippen LogP contribution in [0.1, 0.15) is 52.4 Å². The van der Waals surface area contributed by atoms with Crippen LogP contribution in [0.15, 0.2) is 0 Å². The number of unbranched alkanes of at least 4 members (excludes halogenated alkanes) is 1. The average Bonchev–Trinajstić information content (AvgIpc) is 2.16. The Morgan fingerprint density at radius 2 is 2.21 bits per heavy atom. The average molecular weight is 199 g/mol. The molecule has 1 rings (SSSR count). The summed E-state index contributed by atoms with van der Waals surface area (Å²) in [4.78, 5) is 2.58. The van der Waals surface area contributed by atoms with Crippen molar-refractivity contribution in [2.45, 2.75) is 64.5 Å². The Morgan fingerprint density at radius 1 is 1.43 bits per heavy atom. The molecule has 1 fully saturated rings. The van der Waals surface area contributed by atoms with E-state index in [9.17, 15) is 5.11 Å². The third-order valence-electron chi connectivity index (χ3n) is 3.16. The molecular formula is C12H25NO. The van der Waals surface area contributed by atoms with Crippen LogP contribution in [0.4, 0.5) is 0 Å².